The number of rotatable bonds is 5. The standard InChI is InChI=1S/C14H21N3O3S/c1-6-9-15-8(2)11(13(19)20)12(16-9)21-7-10(18)17-14(3,4)5/h6-7H2,1-5H3,(H,17,18)(H,19,20). The van der Waals surface area contributed by atoms with Crippen LogP contribution >= 0.6 is 11.8 Å². The van der Waals surface area contributed by atoms with Gasteiger partial charge >= 0.3 is 5.97 Å². The van der Waals surface area contributed by atoms with Crippen molar-refractivity contribution in [1.29, 1.82) is 0 Å². The number of nitrogens with zero attached hydrogens (tertiary/aromatic N) is 2. The van der Waals surface area contributed by atoms with Crippen LogP contribution in [-0.2, 0) is 11.2 Å². The fraction of sp³-hybridized carbons (Fsp3) is 0.571. The molecule has 2 N–H and O–H groups in total. The summed E-state index contributed by atoms with van der Waals surface area (Å²) in [6, 6.07) is 0. The lowest BCUT2D eigenvalue weighted by Gasteiger charge is -2.20. The molecule has 116 valence electrons. The van der Waals surface area contributed by atoms with Crippen LogP contribution in [0.15, 0.2) is 5.03 Å². The van der Waals surface area contributed by atoms with Gasteiger partial charge in [-0.25, -0.2) is 14.8 Å². The van der Waals surface area contributed by atoms with Gasteiger partial charge in [-0.3, -0.25) is 4.79 Å². The third-order valence-corrected chi connectivity index (χ3v) is 3.46. The van der Waals surface area contributed by atoms with Crippen LogP contribution in [0.3, 0.4) is 0 Å². The van der Waals surface area contributed by atoms with Crippen molar-refractivity contribution in [2.45, 2.75) is 51.6 Å². The molecular formula is C14H21N3O3S. The van der Waals surface area contributed by atoms with E-state index in [-0.39, 0.29) is 22.8 Å². The van der Waals surface area contributed by atoms with Crippen molar-refractivity contribution < 1.29 is 14.7 Å². The first-order valence-electron chi connectivity index (χ1n) is 6.68. The Morgan fingerprint density at radius 1 is 1.29 bits per heavy atom. The van der Waals surface area contributed by atoms with Gasteiger partial charge in [0.15, 0.2) is 0 Å². The topological polar surface area (TPSA) is 92.2 Å². The van der Waals surface area contributed by atoms with Crippen LogP contribution in [0.4, 0.5) is 0 Å². The molecule has 0 aliphatic rings. The molecule has 0 saturated heterocycles. The average Bonchev–Trinajstić information content (AvgIpc) is 2.32. The van der Waals surface area contributed by atoms with Crippen LogP contribution in [-0.4, -0.2) is 38.2 Å². The molecule has 1 aromatic rings. The van der Waals surface area contributed by atoms with Crippen molar-refractivity contribution in [1.82, 2.24) is 15.3 Å². The monoisotopic (exact) mass is 311 g/mol. The molecule has 1 rings (SSSR count). The van der Waals surface area contributed by atoms with Crippen molar-refractivity contribution in [3.05, 3.63) is 17.1 Å². The molecule has 0 radical (unpaired) electrons. The summed E-state index contributed by atoms with van der Waals surface area (Å²) in [6.07, 6.45) is 0.614. The Morgan fingerprint density at radius 3 is 2.38 bits per heavy atom. The second kappa shape index (κ2) is 6.89. The highest BCUT2D eigenvalue weighted by Gasteiger charge is 2.20. The van der Waals surface area contributed by atoms with Gasteiger partial charge in [0, 0.05) is 12.0 Å². The van der Waals surface area contributed by atoms with E-state index < -0.39 is 5.97 Å². The van der Waals surface area contributed by atoms with Crippen LogP contribution in [0.2, 0.25) is 0 Å². The minimum Gasteiger partial charge on any atom is -0.478 e. The number of carboxylic acid groups (broad SMARTS) is 1. The number of hydrogen-bond donors (Lipinski definition) is 2. The van der Waals surface area contributed by atoms with Crippen molar-refractivity contribution >= 4 is 23.6 Å². The van der Waals surface area contributed by atoms with Crippen molar-refractivity contribution in [2.24, 2.45) is 0 Å². The number of aromatic carboxylic acids is 1. The van der Waals surface area contributed by atoms with Gasteiger partial charge in [-0.15, -0.1) is 0 Å². The van der Waals surface area contributed by atoms with E-state index in [1.165, 1.54) is 0 Å². The van der Waals surface area contributed by atoms with Crippen molar-refractivity contribution in [3.63, 3.8) is 0 Å². The number of carbonyl (C=O) groups is 2. The number of carboxylic acids is 1. The van der Waals surface area contributed by atoms with E-state index in [4.69, 9.17) is 0 Å². The van der Waals surface area contributed by atoms with E-state index in [0.717, 1.165) is 11.8 Å². The molecule has 1 aromatic heterocycles. The van der Waals surface area contributed by atoms with Gasteiger partial charge in [0.1, 0.15) is 16.4 Å². The minimum atomic E-state index is -1.08. The summed E-state index contributed by atoms with van der Waals surface area (Å²) in [6.45, 7) is 9.21. The molecule has 0 bridgehead atoms. The fourth-order valence-corrected chi connectivity index (χ4v) is 2.59. The molecule has 0 aliphatic carbocycles. The maximum Gasteiger partial charge on any atom is 0.340 e. The van der Waals surface area contributed by atoms with Gasteiger partial charge < -0.3 is 10.4 Å². The van der Waals surface area contributed by atoms with E-state index >= 15 is 0 Å². The molecule has 1 heterocycles. The second-order valence-electron chi connectivity index (χ2n) is 5.65. The number of aromatic nitrogens is 2. The Balaban J connectivity index is 2.94. The first-order valence-corrected chi connectivity index (χ1v) is 7.67. The van der Waals surface area contributed by atoms with Crippen LogP contribution in [0.1, 0.15) is 49.6 Å². The molecule has 21 heavy (non-hydrogen) atoms. The molecular weight excluding hydrogens is 290 g/mol. The van der Waals surface area contributed by atoms with Crippen LogP contribution in [0.5, 0.6) is 0 Å². The molecule has 0 aromatic carbocycles. The summed E-state index contributed by atoms with van der Waals surface area (Å²) in [5.41, 5.74) is 0.178. The normalized spacial score (nSPS) is 11.3. The Kier molecular flexibility index (Phi) is 5.71. The van der Waals surface area contributed by atoms with Gasteiger partial charge in [-0.2, -0.15) is 0 Å². The number of carbonyl (C=O) groups excluding carboxylic acids is 1. The molecule has 0 saturated carbocycles. The first-order chi connectivity index (χ1) is 9.64. The van der Waals surface area contributed by atoms with Gasteiger partial charge in [0.05, 0.1) is 11.4 Å². The number of amides is 1. The van der Waals surface area contributed by atoms with Crippen LogP contribution < -0.4 is 5.32 Å². The Labute approximate surface area is 128 Å². The third-order valence-electron chi connectivity index (χ3n) is 2.49. The van der Waals surface area contributed by atoms with E-state index in [9.17, 15) is 14.7 Å². The largest absolute Gasteiger partial charge is 0.478 e. The molecule has 6 nitrogen and oxygen atoms in total. The second-order valence-corrected chi connectivity index (χ2v) is 6.62. The molecule has 1 amide bonds. The smallest absolute Gasteiger partial charge is 0.340 e. The van der Waals surface area contributed by atoms with Crippen LogP contribution in [0.25, 0.3) is 0 Å². The zero-order valence-corrected chi connectivity index (χ0v) is 13.8. The number of hydrogen-bond acceptors (Lipinski definition) is 5. The first kappa shape index (κ1) is 17.4. The maximum atomic E-state index is 11.8. The van der Waals surface area contributed by atoms with Gasteiger partial charge in [-0.1, -0.05) is 18.7 Å². The minimum absolute atomic E-state index is 0.0701. The van der Waals surface area contributed by atoms with E-state index in [0.29, 0.717) is 23.0 Å². The molecule has 0 aliphatic heterocycles. The average molecular weight is 311 g/mol. The lowest BCUT2D eigenvalue weighted by Crippen LogP contribution is -2.41. The lowest BCUT2D eigenvalue weighted by atomic mass is 10.1. The van der Waals surface area contributed by atoms with E-state index in [1.807, 2.05) is 27.7 Å². The van der Waals surface area contributed by atoms with E-state index in [2.05, 4.69) is 15.3 Å². The molecule has 7 heteroatoms. The summed E-state index contributed by atoms with van der Waals surface area (Å²) in [4.78, 5) is 31.5. The summed E-state index contributed by atoms with van der Waals surface area (Å²) in [7, 11) is 0. The highest BCUT2D eigenvalue weighted by molar-refractivity contribution is 8.00. The SMILES string of the molecule is CCc1nc(C)c(C(=O)O)c(SCC(=O)NC(C)(C)C)n1. The predicted octanol–water partition coefficient (Wildman–Crippen LogP) is 2.05. The number of nitrogens with one attached hydrogen (secondary N) is 1. The summed E-state index contributed by atoms with van der Waals surface area (Å²) in [5.74, 6) is -0.528. The molecule has 0 unspecified atom stereocenters. The van der Waals surface area contributed by atoms with E-state index in [1.54, 1.807) is 6.92 Å². The Morgan fingerprint density at radius 2 is 1.90 bits per heavy atom. The van der Waals surface area contributed by atoms with Gasteiger partial charge in [-0.05, 0) is 27.7 Å². The van der Waals surface area contributed by atoms with Gasteiger partial charge in [0.2, 0.25) is 5.91 Å². The highest BCUT2D eigenvalue weighted by Crippen LogP contribution is 2.23. The number of aryl methyl sites for hydroxylation is 2. The zero-order valence-electron chi connectivity index (χ0n) is 13.0. The lowest BCUT2D eigenvalue weighted by molar-refractivity contribution is -0.119. The number of thioether (sulfide) groups is 1. The highest BCUT2D eigenvalue weighted by atomic mass is 32.2. The summed E-state index contributed by atoms with van der Waals surface area (Å²) >= 11 is 1.12. The maximum absolute atomic E-state index is 11.8. The van der Waals surface area contributed by atoms with Crippen molar-refractivity contribution in [3.8, 4) is 0 Å². The van der Waals surface area contributed by atoms with Crippen molar-refractivity contribution in [2.75, 3.05) is 5.75 Å². The molecule has 0 spiro atoms. The summed E-state index contributed by atoms with van der Waals surface area (Å²) < 4.78 is 0. The molecule has 0 atom stereocenters. The summed E-state index contributed by atoms with van der Waals surface area (Å²) in [5, 5.41) is 12.4. The fourth-order valence-electron chi connectivity index (χ4n) is 1.70. The predicted molar refractivity (Wildman–Crippen MR) is 81.7 cm³/mol. The Hall–Kier alpha value is -1.63. The molecule has 0 fully saturated rings. The van der Waals surface area contributed by atoms with Crippen LogP contribution in [0, 0.1) is 6.92 Å². The zero-order chi connectivity index (χ0) is 16.2. The Bertz CT molecular complexity index is 553. The quantitative estimate of drug-likeness (QED) is 0.639. The third kappa shape index (κ3) is 5.34. The van der Waals surface area contributed by atoms with Gasteiger partial charge in [0.25, 0.3) is 0 Å².